The second-order valence-electron chi connectivity index (χ2n) is 9.57. The maximum absolute atomic E-state index is 10.8. The molecule has 0 bridgehead atoms. The van der Waals surface area contributed by atoms with Gasteiger partial charge >= 0.3 is 5.97 Å². The third kappa shape index (κ3) is 6.98. The molecule has 8 nitrogen and oxygen atoms in total. The maximum atomic E-state index is 10.8. The van der Waals surface area contributed by atoms with Gasteiger partial charge in [0.05, 0.1) is 18.4 Å². The monoisotopic (exact) mass is 530 g/mol. The molecule has 3 aromatic carbocycles. The highest BCUT2D eigenvalue weighted by Gasteiger charge is 2.19. The summed E-state index contributed by atoms with van der Waals surface area (Å²) in [5.41, 5.74) is 6.53. The summed E-state index contributed by atoms with van der Waals surface area (Å²) in [6.07, 6.45) is 1.99. The number of rotatable bonds is 10. The SMILES string of the molecule is O=C(O)CNc1cccc(Cn2cc(CN3CCN(Cc4ccccc4-c4ccc(Cl)cc4)CC3)nn2)c1. The van der Waals surface area contributed by atoms with E-state index in [2.05, 4.69) is 61.8 Å². The molecule has 0 radical (unpaired) electrons. The Morgan fingerprint density at radius 2 is 1.63 bits per heavy atom. The summed E-state index contributed by atoms with van der Waals surface area (Å²) in [6, 6.07) is 24.3. The molecule has 2 N–H and O–H groups in total. The highest BCUT2D eigenvalue weighted by molar-refractivity contribution is 6.30. The van der Waals surface area contributed by atoms with Gasteiger partial charge in [-0.05, 0) is 46.5 Å². The number of hydrogen-bond donors (Lipinski definition) is 2. The van der Waals surface area contributed by atoms with Crippen molar-refractivity contribution >= 4 is 23.3 Å². The number of piperazine rings is 1. The molecule has 1 aliphatic heterocycles. The number of nitrogens with zero attached hydrogens (tertiary/aromatic N) is 5. The highest BCUT2D eigenvalue weighted by Crippen LogP contribution is 2.26. The summed E-state index contributed by atoms with van der Waals surface area (Å²) in [7, 11) is 0. The van der Waals surface area contributed by atoms with E-state index >= 15 is 0 Å². The van der Waals surface area contributed by atoms with E-state index in [-0.39, 0.29) is 6.54 Å². The van der Waals surface area contributed by atoms with E-state index in [1.54, 1.807) is 0 Å². The Labute approximate surface area is 227 Å². The zero-order chi connectivity index (χ0) is 26.3. The zero-order valence-corrected chi connectivity index (χ0v) is 21.9. The van der Waals surface area contributed by atoms with Gasteiger partial charge < -0.3 is 10.4 Å². The van der Waals surface area contributed by atoms with Crippen LogP contribution in [0.15, 0.2) is 79.0 Å². The number of carboxylic acid groups (broad SMARTS) is 1. The number of benzene rings is 3. The number of carboxylic acids is 1. The van der Waals surface area contributed by atoms with Crippen LogP contribution in [0, 0.1) is 0 Å². The normalized spacial score (nSPS) is 14.4. The fourth-order valence-corrected chi connectivity index (χ4v) is 4.90. The van der Waals surface area contributed by atoms with Gasteiger partial charge in [0.1, 0.15) is 6.54 Å². The van der Waals surface area contributed by atoms with Crippen LogP contribution in [0.1, 0.15) is 16.8 Å². The number of hydrogen-bond acceptors (Lipinski definition) is 6. The lowest BCUT2D eigenvalue weighted by Gasteiger charge is -2.34. The molecule has 0 unspecified atom stereocenters. The van der Waals surface area contributed by atoms with Crippen LogP contribution in [0.4, 0.5) is 5.69 Å². The first-order chi connectivity index (χ1) is 18.5. The van der Waals surface area contributed by atoms with E-state index in [0.29, 0.717) is 6.54 Å². The van der Waals surface area contributed by atoms with E-state index in [4.69, 9.17) is 16.7 Å². The Bertz CT molecular complexity index is 1370. The quantitative estimate of drug-likeness (QED) is 0.313. The standard InChI is InChI=1S/C29H31ClN6O2/c30-25-10-8-23(9-11-25)28-7-2-1-5-24(28)19-34-12-14-35(15-13-34)20-27-21-36(33-32-27)18-22-4-3-6-26(16-22)31-17-29(37)38/h1-11,16,21,31H,12-15,17-20H2,(H,37,38). The number of halogens is 1. The third-order valence-corrected chi connectivity index (χ3v) is 6.97. The largest absolute Gasteiger partial charge is 0.480 e. The summed E-state index contributed by atoms with van der Waals surface area (Å²) in [5, 5.41) is 21.2. The number of aromatic nitrogens is 3. The Morgan fingerprint density at radius 1 is 0.895 bits per heavy atom. The Kier molecular flexibility index (Phi) is 8.33. The smallest absolute Gasteiger partial charge is 0.322 e. The summed E-state index contributed by atoms with van der Waals surface area (Å²) in [6.45, 7) is 6.12. The van der Waals surface area contributed by atoms with Gasteiger partial charge in [-0.3, -0.25) is 14.6 Å². The van der Waals surface area contributed by atoms with Gasteiger partial charge in [0.25, 0.3) is 0 Å². The molecule has 1 fully saturated rings. The molecule has 0 aliphatic carbocycles. The summed E-state index contributed by atoms with van der Waals surface area (Å²) in [4.78, 5) is 15.7. The van der Waals surface area contributed by atoms with Gasteiger partial charge in [0.15, 0.2) is 0 Å². The minimum absolute atomic E-state index is 0.112. The first-order valence-electron chi connectivity index (χ1n) is 12.7. The second kappa shape index (κ2) is 12.2. The molecule has 4 aromatic rings. The van der Waals surface area contributed by atoms with Crippen molar-refractivity contribution in [3.63, 3.8) is 0 Å². The Hall–Kier alpha value is -3.72. The molecule has 0 amide bonds. The fraction of sp³-hybridized carbons (Fsp3) is 0.276. The summed E-state index contributed by atoms with van der Waals surface area (Å²) in [5.74, 6) is -0.889. The Morgan fingerprint density at radius 3 is 2.39 bits per heavy atom. The predicted molar refractivity (Wildman–Crippen MR) is 149 cm³/mol. The van der Waals surface area contributed by atoms with Gasteiger partial charge in [-0.1, -0.05) is 65.3 Å². The average molecular weight is 531 g/mol. The topological polar surface area (TPSA) is 86.5 Å². The van der Waals surface area contributed by atoms with Crippen LogP contribution in [0.2, 0.25) is 5.02 Å². The summed E-state index contributed by atoms with van der Waals surface area (Å²) < 4.78 is 1.83. The number of carbonyl (C=O) groups is 1. The van der Waals surface area contributed by atoms with E-state index in [9.17, 15) is 4.79 Å². The maximum Gasteiger partial charge on any atom is 0.322 e. The second-order valence-corrected chi connectivity index (χ2v) is 10.0. The van der Waals surface area contributed by atoms with E-state index in [1.165, 1.54) is 16.7 Å². The number of anilines is 1. The van der Waals surface area contributed by atoms with Gasteiger partial charge in [-0.15, -0.1) is 5.10 Å². The van der Waals surface area contributed by atoms with Crippen molar-refractivity contribution in [3.8, 4) is 11.1 Å². The lowest BCUT2D eigenvalue weighted by molar-refractivity contribution is -0.134. The van der Waals surface area contributed by atoms with Crippen molar-refractivity contribution in [2.75, 3.05) is 38.0 Å². The Balaban J connectivity index is 1.12. The molecule has 38 heavy (non-hydrogen) atoms. The molecule has 196 valence electrons. The molecular formula is C29H31ClN6O2. The van der Waals surface area contributed by atoms with E-state index in [0.717, 1.165) is 61.2 Å². The van der Waals surface area contributed by atoms with E-state index in [1.807, 2.05) is 47.3 Å². The first kappa shape index (κ1) is 25.9. The van der Waals surface area contributed by atoms with Crippen LogP contribution in [-0.4, -0.2) is 68.6 Å². The van der Waals surface area contributed by atoms with Gasteiger partial charge in [-0.2, -0.15) is 0 Å². The van der Waals surface area contributed by atoms with E-state index < -0.39 is 5.97 Å². The predicted octanol–water partition coefficient (Wildman–Crippen LogP) is 4.46. The lowest BCUT2D eigenvalue weighted by Crippen LogP contribution is -2.45. The highest BCUT2D eigenvalue weighted by atomic mass is 35.5. The molecule has 0 atom stereocenters. The van der Waals surface area contributed by atoms with Crippen LogP contribution in [0.25, 0.3) is 11.1 Å². The molecule has 1 aliphatic rings. The van der Waals surface area contributed by atoms with Crippen LogP contribution < -0.4 is 5.32 Å². The van der Waals surface area contributed by atoms with Crippen LogP contribution in [0.3, 0.4) is 0 Å². The molecule has 2 heterocycles. The molecular weight excluding hydrogens is 500 g/mol. The lowest BCUT2D eigenvalue weighted by atomic mass is 9.99. The van der Waals surface area contributed by atoms with Gasteiger partial charge in [0.2, 0.25) is 0 Å². The van der Waals surface area contributed by atoms with Crippen molar-refractivity contribution in [3.05, 3.63) is 101 Å². The third-order valence-electron chi connectivity index (χ3n) is 6.72. The van der Waals surface area contributed by atoms with Crippen molar-refractivity contribution in [2.24, 2.45) is 0 Å². The first-order valence-corrected chi connectivity index (χ1v) is 13.1. The van der Waals surface area contributed by atoms with Crippen molar-refractivity contribution < 1.29 is 9.90 Å². The minimum Gasteiger partial charge on any atom is -0.480 e. The molecule has 1 saturated heterocycles. The fourth-order valence-electron chi connectivity index (χ4n) is 4.78. The molecule has 5 rings (SSSR count). The molecule has 0 saturated carbocycles. The molecule has 9 heteroatoms. The van der Waals surface area contributed by atoms with Crippen molar-refractivity contribution in [1.82, 2.24) is 24.8 Å². The van der Waals surface area contributed by atoms with Crippen LogP contribution >= 0.6 is 11.6 Å². The summed E-state index contributed by atoms with van der Waals surface area (Å²) >= 11 is 6.09. The van der Waals surface area contributed by atoms with Crippen LogP contribution in [0.5, 0.6) is 0 Å². The van der Waals surface area contributed by atoms with Crippen LogP contribution in [-0.2, 0) is 24.4 Å². The number of aliphatic carboxylic acids is 1. The number of nitrogens with one attached hydrogen (secondary N) is 1. The average Bonchev–Trinajstić information content (AvgIpc) is 3.36. The zero-order valence-electron chi connectivity index (χ0n) is 21.1. The van der Waals surface area contributed by atoms with Gasteiger partial charge in [0, 0.05) is 50.0 Å². The van der Waals surface area contributed by atoms with Crippen molar-refractivity contribution in [1.29, 1.82) is 0 Å². The van der Waals surface area contributed by atoms with Crippen molar-refractivity contribution in [2.45, 2.75) is 19.6 Å². The molecule has 1 aromatic heterocycles. The van der Waals surface area contributed by atoms with Gasteiger partial charge in [-0.25, -0.2) is 4.68 Å². The minimum atomic E-state index is -0.889. The molecule has 0 spiro atoms.